The second-order valence-corrected chi connectivity index (χ2v) is 4.72. The highest BCUT2D eigenvalue weighted by molar-refractivity contribution is 5.49. The molecule has 0 unspecified atom stereocenters. The highest BCUT2D eigenvalue weighted by atomic mass is 16.5. The Kier molecular flexibility index (Phi) is 6.67. The third-order valence-corrected chi connectivity index (χ3v) is 3.32. The minimum absolute atomic E-state index is 0.245. The second-order valence-electron chi connectivity index (χ2n) is 4.72. The van der Waals surface area contributed by atoms with Crippen LogP contribution in [0, 0.1) is 6.92 Å². The zero-order valence-corrected chi connectivity index (χ0v) is 12.4. The second kappa shape index (κ2) is 8.02. The summed E-state index contributed by atoms with van der Waals surface area (Å²) in [6.45, 7) is 4.11. The van der Waals surface area contributed by atoms with Gasteiger partial charge in [0.25, 0.3) is 0 Å². The molecule has 0 spiro atoms. The van der Waals surface area contributed by atoms with Crippen molar-refractivity contribution in [1.29, 1.82) is 0 Å². The molecule has 0 atom stereocenters. The van der Waals surface area contributed by atoms with E-state index >= 15 is 0 Å². The van der Waals surface area contributed by atoms with Gasteiger partial charge in [-0.2, -0.15) is 0 Å². The summed E-state index contributed by atoms with van der Waals surface area (Å²) in [6, 6.07) is 4.05. The maximum absolute atomic E-state index is 8.82. The lowest BCUT2D eigenvalue weighted by Gasteiger charge is -2.18. The summed E-state index contributed by atoms with van der Waals surface area (Å²) in [4.78, 5) is 2.22. The molecule has 0 amide bonds. The van der Waals surface area contributed by atoms with E-state index in [1.54, 1.807) is 14.2 Å². The molecule has 0 aliphatic rings. The molecule has 1 aromatic rings. The Morgan fingerprint density at radius 2 is 1.89 bits per heavy atom. The average molecular weight is 267 g/mol. The maximum Gasteiger partial charge on any atom is 0.128 e. The van der Waals surface area contributed by atoms with Crippen LogP contribution in [0.15, 0.2) is 12.1 Å². The normalized spacial score (nSPS) is 10.8. The van der Waals surface area contributed by atoms with Gasteiger partial charge in [0, 0.05) is 25.3 Å². The van der Waals surface area contributed by atoms with E-state index in [2.05, 4.69) is 18.0 Å². The topological polar surface area (TPSA) is 41.9 Å². The van der Waals surface area contributed by atoms with E-state index in [-0.39, 0.29) is 6.61 Å². The summed E-state index contributed by atoms with van der Waals surface area (Å²) in [6.07, 6.45) is 1.74. The summed E-state index contributed by atoms with van der Waals surface area (Å²) in [5, 5.41) is 8.82. The molecule has 1 N–H and O–H groups in total. The smallest absolute Gasteiger partial charge is 0.128 e. The van der Waals surface area contributed by atoms with Gasteiger partial charge in [-0.3, -0.25) is 0 Å². The Morgan fingerprint density at radius 3 is 2.47 bits per heavy atom. The van der Waals surface area contributed by atoms with Crippen molar-refractivity contribution in [3.05, 3.63) is 23.3 Å². The van der Waals surface area contributed by atoms with Gasteiger partial charge in [-0.25, -0.2) is 0 Å². The van der Waals surface area contributed by atoms with Crippen LogP contribution >= 0.6 is 0 Å². The van der Waals surface area contributed by atoms with Gasteiger partial charge in [-0.05, 0) is 38.4 Å². The van der Waals surface area contributed by atoms with Crippen molar-refractivity contribution >= 4 is 0 Å². The third-order valence-electron chi connectivity index (χ3n) is 3.32. The first kappa shape index (κ1) is 15.8. The number of rotatable bonds is 8. The summed E-state index contributed by atoms with van der Waals surface area (Å²) < 4.78 is 10.8. The number of ether oxygens (including phenoxy) is 2. The van der Waals surface area contributed by atoms with Crippen LogP contribution < -0.4 is 9.47 Å². The van der Waals surface area contributed by atoms with Gasteiger partial charge in [0.15, 0.2) is 0 Å². The number of benzene rings is 1. The molecule has 19 heavy (non-hydrogen) atoms. The number of methoxy groups -OCH3 is 2. The van der Waals surface area contributed by atoms with Gasteiger partial charge in [0.05, 0.1) is 14.2 Å². The predicted molar refractivity (Wildman–Crippen MR) is 77.2 cm³/mol. The number of hydrogen-bond donors (Lipinski definition) is 1. The standard InChI is InChI=1S/C15H25NO3/c1-12-14(18-3)7-6-13(15(12)19-4)8-10-16(2)9-5-11-17/h6-7,17H,5,8-11H2,1-4H3. The van der Waals surface area contributed by atoms with Crippen molar-refractivity contribution in [3.63, 3.8) is 0 Å². The fourth-order valence-corrected chi connectivity index (χ4v) is 2.20. The molecule has 1 aromatic carbocycles. The van der Waals surface area contributed by atoms with Gasteiger partial charge >= 0.3 is 0 Å². The van der Waals surface area contributed by atoms with E-state index in [0.717, 1.165) is 43.0 Å². The largest absolute Gasteiger partial charge is 0.496 e. The van der Waals surface area contributed by atoms with Crippen LogP contribution in [0.4, 0.5) is 0 Å². The first-order chi connectivity index (χ1) is 9.13. The van der Waals surface area contributed by atoms with Crippen molar-refractivity contribution < 1.29 is 14.6 Å². The van der Waals surface area contributed by atoms with E-state index in [1.807, 2.05) is 13.0 Å². The van der Waals surface area contributed by atoms with Gasteiger partial charge in [0.1, 0.15) is 11.5 Å². The first-order valence-electron chi connectivity index (χ1n) is 6.63. The molecule has 0 aliphatic carbocycles. The zero-order valence-electron chi connectivity index (χ0n) is 12.4. The Balaban J connectivity index is 2.70. The minimum Gasteiger partial charge on any atom is -0.496 e. The van der Waals surface area contributed by atoms with E-state index in [4.69, 9.17) is 14.6 Å². The molecule has 0 aliphatic heterocycles. The fourth-order valence-electron chi connectivity index (χ4n) is 2.20. The molecular formula is C15H25NO3. The van der Waals surface area contributed by atoms with E-state index in [0.29, 0.717) is 0 Å². The minimum atomic E-state index is 0.245. The van der Waals surface area contributed by atoms with Crippen LogP contribution in [0.5, 0.6) is 11.5 Å². The lowest BCUT2D eigenvalue weighted by molar-refractivity contribution is 0.248. The number of nitrogens with zero attached hydrogens (tertiary/aromatic N) is 1. The molecule has 0 saturated heterocycles. The van der Waals surface area contributed by atoms with Crippen LogP contribution in [0.25, 0.3) is 0 Å². The maximum atomic E-state index is 8.82. The molecule has 0 saturated carbocycles. The summed E-state index contributed by atoms with van der Waals surface area (Å²) in [5.74, 6) is 1.77. The van der Waals surface area contributed by atoms with Crippen LogP contribution in [0.3, 0.4) is 0 Å². The lowest BCUT2D eigenvalue weighted by Crippen LogP contribution is -2.23. The van der Waals surface area contributed by atoms with E-state index < -0.39 is 0 Å². The van der Waals surface area contributed by atoms with Crippen LogP contribution in [-0.4, -0.2) is 51.0 Å². The summed E-state index contributed by atoms with van der Waals surface area (Å²) in [7, 11) is 5.43. The molecule has 1 rings (SSSR count). The Morgan fingerprint density at radius 1 is 1.16 bits per heavy atom. The van der Waals surface area contributed by atoms with Crippen molar-refractivity contribution in [1.82, 2.24) is 4.90 Å². The first-order valence-corrected chi connectivity index (χ1v) is 6.63. The zero-order chi connectivity index (χ0) is 14.3. The molecular weight excluding hydrogens is 242 g/mol. The SMILES string of the molecule is COc1ccc(CCN(C)CCCO)c(OC)c1C. The molecule has 4 nitrogen and oxygen atoms in total. The molecule has 0 fully saturated rings. The Hall–Kier alpha value is -1.26. The molecule has 0 aromatic heterocycles. The molecule has 4 heteroatoms. The van der Waals surface area contributed by atoms with Crippen LogP contribution in [0.1, 0.15) is 17.5 Å². The highest BCUT2D eigenvalue weighted by Gasteiger charge is 2.11. The average Bonchev–Trinajstić information content (AvgIpc) is 2.42. The van der Waals surface area contributed by atoms with Gasteiger partial charge < -0.3 is 19.5 Å². The van der Waals surface area contributed by atoms with Crippen molar-refractivity contribution in [2.24, 2.45) is 0 Å². The monoisotopic (exact) mass is 267 g/mol. The lowest BCUT2D eigenvalue weighted by atomic mass is 10.1. The van der Waals surface area contributed by atoms with E-state index in [9.17, 15) is 0 Å². The third kappa shape index (κ3) is 4.40. The Labute approximate surface area is 115 Å². The number of aliphatic hydroxyl groups excluding tert-OH is 1. The molecule has 0 bridgehead atoms. The van der Waals surface area contributed by atoms with Gasteiger partial charge in [-0.1, -0.05) is 6.07 Å². The van der Waals surface area contributed by atoms with E-state index in [1.165, 1.54) is 5.56 Å². The van der Waals surface area contributed by atoms with Crippen molar-refractivity contribution in [2.45, 2.75) is 19.8 Å². The highest BCUT2D eigenvalue weighted by Crippen LogP contribution is 2.31. The summed E-state index contributed by atoms with van der Waals surface area (Å²) >= 11 is 0. The number of hydrogen-bond acceptors (Lipinski definition) is 4. The Bertz CT molecular complexity index is 393. The van der Waals surface area contributed by atoms with Crippen molar-refractivity contribution in [3.8, 4) is 11.5 Å². The van der Waals surface area contributed by atoms with Crippen LogP contribution in [0.2, 0.25) is 0 Å². The molecule has 0 heterocycles. The number of aliphatic hydroxyl groups is 1. The molecule has 108 valence electrons. The number of likely N-dealkylation sites (N-methyl/N-ethyl adjacent to an activating group) is 1. The fraction of sp³-hybridized carbons (Fsp3) is 0.600. The summed E-state index contributed by atoms with van der Waals surface area (Å²) in [5.41, 5.74) is 2.23. The van der Waals surface area contributed by atoms with Crippen molar-refractivity contribution in [2.75, 3.05) is 41.0 Å². The van der Waals surface area contributed by atoms with Gasteiger partial charge in [0.2, 0.25) is 0 Å². The van der Waals surface area contributed by atoms with Crippen LogP contribution in [-0.2, 0) is 6.42 Å². The quantitative estimate of drug-likeness (QED) is 0.781. The molecule has 0 radical (unpaired) electrons. The predicted octanol–water partition coefficient (Wildman–Crippen LogP) is 1.87. The van der Waals surface area contributed by atoms with Gasteiger partial charge in [-0.15, -0.1) is 0 Å².